The average Bonchev–Trinajstić information content (AvgIpc) is 2.68. The van der Waals surface area contributed by atoms with E-state index in [4.69, 9.17) is 0 Å². The van der Waals surface area contributed by atoms with Crippen molar-refractivity contribution in [3.8, 4) is 0 Å². The Labute approximate surface area is 108 Å². The largest absolute Gasteiger partial charge is 0.329 e. The minimum Gasteiger partial charge on any atom is -0.329 e. The molecule has 0 unspecified atom stereocenters. The number of nitrogens with one attached hydrogen (secondary N) is 2. The van der Waals surface area contributed by atoms with Gasteiger partial charge in [0.05, 0.1) is 6.54 Å². The molecule has 0 atom stereocenters. The zero-order valence-corrected chi connectivity index (χ0v) is 10.9. The highest BCUT2D eigenvalue weighted by Crippen LogP contribution is 2.12. The van der Waals surface area contributed by atoms with Crippen LogP contribution in [0, 0.1) is 5.92 Å². The lowest BCUT2D eigenvalue weighted by atomic mass is 9.98. The summed E-state index contributed by atoms with van der Waals surface area (Å²) in [6.07, 6.45) is 2.43. The molecule has 2 aliphatic heterocycles. The summed E-state index contributed by atoms with van der Waals surface area (Å²) in [5.74, 6) is 0.620. The van der Waals surface area contributed by atoms with Gasteiger partial charge >= 0.3 is 6.03 Å². The van der Waals surface area contributed by atoms with E-state index in [0.29, 0.717) is 6.54 Å². The fraction of sp³-hybridized carbons (Fsp3) is 0.833. The Balaban J connectivity index is 1.69. The van der Waals surface area contributed by atoms with Crippen molar-refractivity contribution in [1.82, 2.24) is 20.4 Å². The minimum atomic E-state index is -0.254. The Morgan fingerprint density at radius 3 is 2.67 bits per heavy atom. The monoisotopic (exact) mass is 254 g/mol. The number of hydrogen-bond donors (Lipinski definition) is 2. The van der Waals surface area contributed by atoms with Crippen LogP contribution in [0.3, 0.4) is 0 Å². The maximum absolute atomic E-state index is 11.4. The van der Waals surface area contributed by atoms with Gasteiger partial charge in [-0.05, 0) is 38.9 Å². The summed E-state index contributed by atoms with van der Waals surface area (Å²) in [6, 6.07) is -0.254. The molecular weight excluding hydrogens is 232 g/mol. The molecule has 6 heteroatoms. The summed E-state index contributed by atoms with van der Waals surface area (Å²) < 4.78 is 0. The van der Waals surface area contributed by atoms with Crippen LogP contribution in [0.5, 0.6) is 0 Å². The normalized spacial score (nSPS) is 21.8. The van der Waals surface area contributed by atoms with Crippen LogP contribution in [0.15, 0.2) is 0 Å². The van der Waals surface area contributed by atoms with Crippen molar-refractivity contribution in [2.75, 3.05) is 46.3 Å². The highest BCUT2D eigenvalue weighted by atomic mass is 16.2. The van der Waals surface area contributed by atoms with E-state index in [0.717, 1.165) is 32.1 Å². The van der Waals surface area contributed by atoms with Gasteiger partial charge in [0.15, 0.2) is 0 Å². The number of likely N-dealkylation sites (N-methyl/N-ethyl adjacent to an activating group) is 1. The van der Waals surface area contributed by atoms with Gasteiger partial charge in [0.2, 0.25) is 5.91 Å². The molecule has 3 amide bonds. The molecule has 0 aromatic heterocycles. The second-order valence-electron chi connectivity index (χ2n) is 5.16. The predicted octanol–water partition coefficient (Wildman–Crippen LogP) is -0.530. The van der Waals surface area contributed by atoms with Gasteiger partial charge in [-0.25, -0.2) is 4.79 Å². The molecule has 0 bridgehead atoms. The second-order valence-corrected chi connectivity index (χ2v) is 5.16. The van der Waals surface area contributed by atoms with Gasteiger partial charge in [0, 0.05) is 19.6 Å². The van der Waals surface area contributed by atoms with Crippen molar-refractivity contribution >= 4 is 11.9 Å². The van der Waals surface area contributed by atoms with Crippen molar-refractivity contribution in [2.45, 2.75) is 12.8 Å². The van der Waals surface area contributed by atoms with Gasteiger partial charge in [-0.1, -0.05) is 0 Å². The third-order valence-electron chi connectivity index (χ3n) is 3.67. The van der Waals surface area contributed by atoms with Crippen molar-refractivity contribution in [2.24, 2.45) is 5.92 Å². The first-order chi connectivity index (χ1) is 8.66. The number of carbonyl (C=O) groups excluding carboxylic acids is 2. The van der Waals surface area contributed by atoms with E-state index in [1.165, 1.54) is 17.7 Å². The van der Waals surface area contributed by atoms with Crippen molar-refractivity contribution in [1.29, 1.82) is 0 Å². The molecule has 0 aliphatic carbocycles. The third kappa shape index (κ3) is 3.43. The fourth-order valence-corrected chi connectivity index (χ4v) is 2.55. The van der Waals surface area contributed by atoms with E-state index < -0.39 is 0 Å². The topological polar surface area (TPSA) is 64.7 Å². The molecule has 102 valence electrons. The van der Waals surface area contributed by atoms with Crippen LogP contribution in [0.2, 0.25) is 0 Å². The summed E-state index contributed by atoms with van der Waals surface area (Å²) in [5, 5.41) is 5.89. The summed E-state index contributed by atoms with van der Waals surface area (Å²) >= 11 is 0. The van der Waals surface area contributed by atoms with E-state index >= 15 is 0 Å². The Hall–Kier alpha value is -1.14. The van der Waals surface area contributed by atoms with Crippen LogP contribution in [0.4, 0.5) is 4.79 Å². The average molecular weight is 254 g/mol. The molecule has 2 aliphatic rings. The van der Waals surface area contributed by atoms with Gasteiger partial charge in [-0.2, -0.15) is 0 Å². The molecule has 0 radical (unpaired) electrons. The number of rotatable bonds is 5. The summed E-state index contributed by atoms with van der Waals surface area (Å²) in [5.41, 5.74) is 0. The van der Waals surface area contributed by atoms with E-state index in [1.807, 2.05) is 0 Å². The fourth-order valence-electron chi connectivity index (χ4n) is 2.55. The molecule has 2 saturated heterocycles. The molecule has 0 spiro atoms. The molecule has 0 saturated carbocycles. The van der Waals surface area contributed by atoms with Crippen molar-refractivity contribution < 1.29 is 9.59 Å². The first-order valence-electron chi connectivity index (χ1n) is 6.64. The van der Waals surface area contributed by atoms with Crippen LogP contribution in [0.1, 0.15) is 12.8 Å². The standard InChI is InChI=1S/C12H22N4O2/c1-15(9-10-2-4-13-5-3-10)6-7-16-11(17)8-14-12(16)18/h10,13H,2-9H2,1H3,(H,14,18). The Kier molecular flexibility index (Phi) is 4.54. The van der Waals surface area contributed by atoms with E-state index in [2.05, 4.69) is 22.6 Å². The quantitative estimate of drug-likeness (QED) is 0.647. The molecule has 2 heterocycles. The Morgan fingerprint density at radius 1 is 1.33 bits per heavy atom. The van der Waals surface area contributed by atoms with Crippen LogP contribution in [-0.4, -0.2) is 68.1 Å². The molecule has 0 aromatic carbocycles. The predicted molar refractivity (Wildman–Crippen MR) is 68.2 cm³/mol. The van der Waals surface area contributed by atoms with Gasteiger partial charge in [0.1, 0.15) is 0 Å². The number of nitrogens with zero attached hydrogens (tertiary/aromatic N) is 2. The van der Waals surface area contributed by atoms with Crippen LogP contribution < -0.4 is 10.6 Å². The summed E-state index contributed by atoms with van der Waals surface area (Å²) in [6.45, 7) is 4.65. The summed E-state index contributed by atoms with van der Waals surface area (Å²) in [7, 11) is 2.06. The van der Waals surface area contributed by atoms with Gasteiger partial charge in [-0.15, -0.1) is 0 Å². The highest BCUT2D eigenvalue weighted by Gasteiger charge is 2.28. The SMILES string of the molecule is CN(CCN1C(=O)CNC1=O)CC1CCNCC1. The number of hydrogen-bond acceptors (Lipinski definition) is 4. The lowest BCUT2D eigenvalue weighted by Gasteiger charge is -2.28. The highest BCUT2D eigenvalue weighted by molar-refractivity contribution is 6.01. The molecule has 18 heavy (non-hydrogen) atoms. The zero-order valence-electron chi connectivity index (χ0n) is 10.9. The molecular formula is C12H22N4O2. The molecule has 2 N–H and O–H groups in total. The first-order valence-corrected chi connectivity index (χ1v) is 6.64. The van der Waals surface area contributed by atoms with E-state index in [-0.39, 0.29) is 18.5 Å². The zero-order chi connectivity index (χ0) is 13.0. The van der Waals surface area contributed by atoms with Crippen molar-refractivity contribution in [3.05, 3.63) is 0 Å². The summed E-state index contributed by atoms with van der Waals surface area (Å²) in [4.78, 5) is 26.3. The number of carbonyl (C=O) groups is 2. The van der Waals surface area contributed by atoms with E-state index in [1.54, 1.807) is 0 Å². The Morgan fingerprint density at radius 2 is 2.06 bits per heavy atom. The third-order valence-corrected chi connectivity index (χ3v) is 3.67. The van der Waals surface area contributed by atoms with Gasteiger partial charge in [-0.3, -0.25) is 9.69 Å². The lowest BCUT2D eigenvalue weighted by Crippen LogP contribution is -2.40. The maximum Gasteiger partial charge on any atom is 0.324 e. The maximum atomic E-state index is 11.4. The second kappa shape index (κ2) is 6.15. The number of piperidine rings is 1. The van der Waals surface area contributed by atoms with Crippen LogP contribution in [-0.2, 0) is 4.79 Å². The minimum absolute atomic E-state index is 0.115. The Bertz CT molecular complexity index is 299. The van der Waals surface area contributed by atoms with Gasteiger partial charge in [0.25, 0.3) is 0 Å². The van der Waals surface area contributed by atoms with Gasteiger partial charge < -0.3 is 15.5 Å². The van der Waals surface area contributed by atoms with Crippen LogP contribution in [0.25, 0.3) is 0 Å². The first kappa shape index (κ1) is 13.3. The number of imide groups is 1. The molecule has 6 nitrogen and oxygen atoms in total. The smallest absolute Gasteiger partial charge is 0.324 e. The lowest BCUT2D eigenvalue weighted by molar-refractivity contribution is -0.125. The van der Waals surface area contributed by atoms with Crippen LogP contribution >= 0.6 is 0 Å². The number of urea groups is 1. The van der Waals surface area contributed by atoms with E-state index in [9.17, 15) is 9.59 Å². The number of amides is 3. The molecule has 2 rings (SSSR count). The molecule has 2 fully saturated rings. The van der Waals surface area contributed by atoms with Crippen molar-refractivity contribution in [3.63, 3.8) is 0 Å². The molecule has 0 aromatic rings.